The third-order valence-corrected chi connectivity index (χ3v) is 12.4. The molecule has 2 nitrogen and oxygen atoms in total. The molecule has 0 aliphatic rings. The van der Waals surface area contributed by atoms with Crippen LogP contribution in [0.25, 0.3) is 0 Å². The first-order valence-corrected chi connectivity index (χ1v) is 17.0. The molecule has 20 heavy (non-hydrogen) atoms. The van der Waals surface area contributed by atoms with E-state index in [2.05, 4.69) is 49.1 Å². The zero-order valence-electron chi connectivity index (χ0n) is 15.1. The average molecular weight is 386 g/mol. The molecule has 120 valence electrons. The molecule has 3 heteroatoms. The van der Waals surface area contributed by atoms with Gasteiger partial charge in [-0.1, -0.05) is 0 Å². The second-order valence-corrected chi connectivity index (χ2v) is 16.2. The normalized spacial score (nSPS) is 11.8. The molecule has 0 heterocycles. The summed E-state index contributed by atoms with van der Waals surface area (Å²) in [6, 6.07) is 0.725. The molecule has 0 saturated carbocycles. The van der Waals surface area contributed by atoms with Crippen LogP contribution < -0.4 is 0 Å². The van der Waals surface area contributed by atoms with Gasteiger partial charge in [0, 0.05) is 0 Å². The Balaban J connectivity index is 3.68. The predicted octanol–water partition coefficient (Wildman–Crippen LogP) is 4.35. The monoisotopic (exact) mass is 386 g/mol. The SMILES string of the molecule is CCCN(CC[CH2][In]([CH3])[CH2]CCN(CC)CC)C(C)C. The third-order valence-electron chi connectivity index (χ3n) is 4.45. The molecule has 0 N–H and O–H groups in total. The van der Waals surface area contributed by atoms with Crippen molar-refractivity contribution in [2.45, 2.75) is 73.0 Å². The molecular formula is C17H39InN2. The first-order chi connectivity index (χ1) is 9.54. The Morgan fingerprint density at radius 1 is 0.850 bits per heavy atom. The van der Waals surface area contributed by atoms with Gasteiger partial charge in [-0.15, -0.1) is 0 Å². The predicted molar refractivity (Wildman–Crippen MR) is 95.3 cm³/mol. The molecule has 0 aromatic carbocycles. The molecule has 0 spiro atoms. The molecule has 0 rings (SSSR count). The van der Waals surface area contributed by atoms with Gasteiger partial charge < -0.3 is 0 Å². The first-order valence-electron chi connectivity index (χ1n) is 9.01. The van der Waals surface area contributed by atoms with Gasteiger partial charge in [-0.25, -0.2) is 0 Å². The Morgan fingerprint density at radius 3 is 1.85 bits per heavy atom. The van der Waals surface area contributed by atoms with E-state index < -0.39 is 21.4 Å². The van der Waals surface area contributed by atoms with Gasteiger partial charge in [-0.05, 0) is 0 Å². The summed E-state index contributed by atoms with van der Waals surface area (Å²) in [7, 11) is 0. The van der Waals surface area contributed by atoms with E-state index in [1.807, 2.05) is 0 Å². The van der Waals surface area contributed by atoms with Crippen molar-refractivity contribution in [2.24, 2.45) is 0 Å². The molecule has 0 atom stereocenters. The van der Waals surface area contributed by atoms with Gasteiger partial charge >= 0.3 is 137 Å². The van der Waals surface area contributed by atoms with E-state index in [0.29, 0.717) is 0 Å². The van der Waals surface area contributed by atoms with Crippen LogP contribution in [0.1, 0.15) is 53.9 Å². The molecule has 0 unspecified atom stereocenters. The van der Waals surface area contributed by atoms with Crippen molar-refractivity contribution in [2.75, 3.05) is 32.7 Å². The van der Waals surface area contributed by atoms with Crippen molar-refractivity contribution in [3.05, 3.63) is 0 Å². The van der Waals surface area contributed by atoms with Crippen molar-refractivity contribution in [3.63, 3.8) is 0 Å². The molecule has 0 bridgehead atoms. The van der Waals surface area contributed by atoms with Crippen molar-refractivity contribution in [1.82, 2.24) is 9.80 Å². The summed E-state index contributed by atoms with van der Waals surface area (Å²) in [5, 5.41) is 0. The standard InChI is InChI=1S/C9H20N.C7H16N.CH3.In/c1-5-7-10(8-6-2)9(3)4;1-4-7-8(5-2)6-3;;/h9H,1,5-8H2,2-4H3;1,4-7H2,2-3H3;1H3;. The first kappa shape index (κ1) is 20.8. The van der Waals surface area contributed by atoms with Crippen LogP contribution in [0.2, 0.25) is 13.0 Å². The van der Waals surface area contributed by atoms with Gasteiger partial charge in [0.25, 0.3) is 0 Å². The Bertz CT molecular complexity index is 205. The van der Waals surface area contributed by atoms with Gasteiger partial charge in [0.2, 0.25) is 0 Å². The second-order valence-electron chi connectivity index (χ2n) is 6.55. The van der Waals surface area contributed by atoms with E-state index in [1.165, 1.54) is 52.0 Å². The van der Waals surface area contributed by atoms with Crippen LogP contribution in [0.3, 0.4) is 0 Å². The summed E-state index contributed by atoms with van der Waals surface area (Å²) in [6.07, 6.45) is 4.21. The van der Waals surface area contributed by atoms with Crippen LogP contribution in [0.15, 0.2) is 0 Å². The topological polar surface area (TPSA) is 6.48 Å². The van der Waals surface area contributed by atoms with Gasteiger partial charge in [0.15, 0.2) is 0 Å². The van der Waals surface area contributed by atoms with Crippen molar-refractivity contribution in [3.8, 4) is 0 Å². The van der Waals surface area contributed by atoms with Crippen LogP contribution >= 0.6 is 0 Å². The zero-order valence-corrected chi connectivity index (χ0v) is 18.4. The fraction of sp³-hybridized carbons (Fsp3) is 1.00. The molecule has 0 aromatic rings. The average Bonchev–Trinajstić information content (AvgIpc) is 2.42. The van der Waals surface area contributed by atoms with Gasteiger partial charge in [0.1, 0.15) is 0 Å². The Kier molecular flexibility index (Phi) is 14.0. The van der Waals surface area contributed by atoms with Crippen molar-refractivity contribution < 1.29 is 0 Å². The zero-order chi connectivity index (χ0) is 15.4. The maximum atomic E-state index is 2.66. The Hall–Kier alpha value is 0.790. The second kappa shape index (κ2) is 13.5. The Labute approximate surface area is 136 Å². The van der Waals surface area contributed by atoms with E-state index in [-0.39, 0.29) is 0 Å². The van der Waals surface area contributed by atoms with Crippen LogP contribution in [-0.2, 0) is 0 Å². The Morgan fingerprint density at radius 2 is 1.40 bits per heavy atom. The number of hydrogen-bond donors (Lipinski definition) is 0. The third kappa shape index (κ3) is 10.5. The quantitative estimate of drug-likeness (QED) is 0.464. The van der Waals surface area contributed by atoms with Crippen LogP contribution in [0.5, 0.6) is 0 Å². The summed E-state index contributed by atoms with van der Waals surface area (Å²) in [6.45, 7) is 17.9. The fourth-order valence-corrected chi connectivity index (χ4v) is 8.75. The molecule has 0 saturated heterocycles. The molecule has 0 radical (unpaired) electrons. The molecule has 0 fully saturated rings. The summed E-state index contributed by atoms with van der Waals surface area (Å²) in [4.78, 5) is 5.23. The summed E-state index contributed by atoms with van der Waals surface area (Å²) in [5.74, 6) is 0. The van der Waals surface area contributed by atoms with E-state index in [1.54, 1.807) is 8.35 Å². The van der Waals surface area contributed by atoms with Crippen molar-refractivity contribution in [1.29, 1.82) is 0 Å². The van der Waals surface area contributed by atoms with Gasteiger partial charge in [-0.3, -0.25) is 0 Å². The van der Waals surface area contributed by atoms with E-state index >= 15 is 0 Å². The minimum atomic E-state index is -1.13. The van der Waals surface area contributed by atoms with Gasteiger partial charge in [0.05, 0.1) is 0 Å². The number of hydrogen-bond acceptors (Lipinski definition) is 2. The van der Waals surface area contributed by atoms with Gasteiger partial charge in [-0.2, -0.15) is 0 Å². The van der Waals surface area contributed by atoms with E-state index in [9.17, 15) is 0 Å². The van der Waals surface area contributed by atoms with Crippen LogP contribution in [0.4, 0.5) is 0 Å². The van der Waals surface area contributed by atoms with E-state index in [4.69, 9.17) is 0 Å². The molecule has 0 aromatic heterocycles. The number of nitrogens with zero attached hydrogens (tertiary/aromatic N) is 2. The molecule has 0 aliphatic heterocycles. The maximum absolute atomic E-state index is 2.66. The van der Waals surface area contributed by atoms with E-state index in [0.717, 1.165) is 6.04 Å². The summed E-state index contributed by atoms with van der Waals surface area (Å²) >= 11 is -1.13. The van der Waals surface area contributed by atoms with Crippen LogP contribution in [0, 0.1) is 0 Å². The van der Waals surface area contributed by atoms with Crippen LogP contribution in [-0.4, -0.2) is 70.0 Å². The molecular weight excluding hydrogens is 347 g/mol. The summed E-state index contributed by atoms with van der Waals surface area (Å²) < 4.78 is 5.85. The molecule has 0 amide bonds. The fourth-order valence-electron chi connectivity index (χ4n) is 2.91. The minimum absolute atomic E-state index is 0.725. The molecule has 0 aliphatic carbocycles. The number of rotatable bonds is 13. The summed E-state index contributed by atoms with van der Waals surface area (Å²) in [5.41, 5.74) is 0. The van der Waals surface area contributed by atoms with Crippen molar-refractivity contribution >= 4 is 21.4 Å².